The number of carbonyl (C=O) groups excluding carboxylic acids is 2. The second-order valence-electron chi connectivity index (χ2n) is 8.43. The molecule has 2 fully saturated rings. The van der Waals surface area contributed by atoms with Gasteiger partial charge in [0, 0.05) is 18.3 Å². The Labute approximate surface area is 213 Å². The molecule has 0 bridgehead atoms. The van der Waals surface area contributed by atoms with Crippen molar-refractivity contribution in [2.45, 2.75) is 37.3 Å². The molecule has 1 saturated heterocycles. The highest BCUT2D eigenvalue weighted by atomic mass is 127. The molecule has 2 aliphatic rings. The summed E-state index contributed by atoms with van der Waals surface area (Å²) >= 11 is 1.86. The smallest absolute Gasteiger partial charge is 0.416 e. The van der Waals surface area contributed by atoms with Gasteiger partial charge >= 0.3 is 18.1 Å². The van der Waals surface area contributed by atoms with Crippen LogP contribution in [0.2, 0.25) is 0 Å². The Balaban J connectivity index is 1.42. The van der Waals surface area contributed by atoms with E-state index in [9.17, 15) is 27.9 Å². The highest BCUT2D eigenvalue weighted by Gasteiger charge is 2.50. The van der Waals surface area contributed by atoms with Gasteiger partial charge in [0.1, 0.15) is 30.7 Å². The van der Waals surface area contributed by atoms with Crippen LogP contribution in [-0.2, 0) is 20.4 Å². The van der Waals surface area contributed by atoms with Crippen LogP contribution >= 0.6 is 22.6 Å². The molecule has 35 heavy (non-hydrogen) atoms. The van der Waals surface area contributed by atoms with Crippen molar-refractivity contribution in [2.24, 2.45) is 11.8 Å². The summed E-state index contributed by atoms with van der Waals surface area (Å²) in [5.41, 5.74) is -0.447. The van der Waals surface area contributed by atoms with Crippen LogP contribution in [0.5, 0.6) is 5.75 Å². The van der Waals surface area contributed by atoms with Gasteiger partial charge in [0.2, 0.25) is 0 Å². The van der Waals surface area contributed by atoms with Crippen LogP contribution in [0.15, 0.2) is 60.7 Å². The molecular formula is C25H22F3IO6. The molecule has 0 spiro atoms. The fourth-order valence-corrected chi connectivity index (χ4v) is 4.84. The van der Waals surface area contributed by atoms with E-state index in [1.165, 1.54) is 12.1 Å². The first-order valence-corrected chi connectivity index (χ1v) is 12.0. The van der Waals surface area contributed by atoms with Crippen molar-refractivity contribution in [3.8, 4) is 5.75 Å². The standard InChI is InChI=1S/C25H22F3IO6/c26-25(27,28)15-6-9-19(29)22(10-15)33-13-16(30)7-8-17-18-11-23(31)34-21(18)12-20(17)35-24(32)14-4-2-1-3-5-14/h1-10,16-18,20-21,30H,11-13H2/b8-7+/t16-,17-,18-,20-,21+/m1/s1. The van der Waals surface area contributed by atoms with Crippen LogP contribution in [0, 0.1) is 15.4 Å². The number of carbonyl (C=O) groups is 2. The molecule has 0 amide bonds. The lowest BCUT2D eigenvalue weighted by atomic mass is 9.91. The van der Waals surface area contributed by atoms with Crippen LogP contribution in [0.1, 0.15) is 28.8 Å². The van der Waals surface area contributed by atoms with Crippen LogP contribution in [0.3, 0.4) is 0 Å². The molecular weight excluding hydrogens is 580 g/mol. The van der Waals surface area contributed by atoms with Crippen molar-refractivity contribution in [3.63, 3.8) is 0 Å². The van der Waals surface area contributed by atoms with E-state index in [0.29, 0.717) is 15.6 Å². The third-order valence-electron chi connectivity index (χ3n) is 6.04. The van der Waals surface area contributed by atoms with Gasteiger partial charge in [0.15, 0.2) is 0 Å². The minimum absolute atomic E-state index is 0.0123. The summed E-state index contributed by atoms with van der Waals surface area (Å²) in [6.45, 7) is -0.279. The summed E-state index contributed by atoms with van der Waals surface area (Å²) in [6.07, 6.45) is -2.95. The zero-order valence-corrected chi connectivity index (χ0v) is 20.4. The molecule has 1 N–H and O–H groups in total. The maximum Gasteiger partial charge on any atom is 0.416 e. The fraction of sp³-hybridized carbons (Fsp3) is 0.360. The van der Waals surface area contributed by atoms with E-state index in [1.54, 1.807) is 36.4 Å². The summed E-state index contributed by atoms with van der Waals surface area (Å²) in [6, 6.07) is 11.7. The van der Waals surface area contributed by atoms with Crippen molar-refractivity contribution in [2.75, 3.05) is 6.61 Å². The normalized spacial score (nSPS) is 24.8. The molecule has 6 nitrogen and oxygen atoms in total. The van der Waals surface area contributed by atoms with Gasteiger partial charge in [-0.1, -0.05) is 30.4 Å². The zero-order valence-electron chi connectivity index (χ0n) is 18.3. The summed E-state index contributed by atoms with van der Waals surface area (Å²) in [4.78, 5) is 24.3. The molecule has 186 valence electrons. The monoisotopic (exact) mass is 602 g/mol. The van der Waals surface area contributed by atoms with Crippen LogP contribution in [0.4, 0.5) is 13.2 Å². The number of alkyl halides is 3. The first-order chi connectivity index (χ1) is 16.6. The van der Waals surface area contributed by atoms with E-state index in [2.05, 4.69) is 0 Å². The highest BCUT2D eigenvalue weighted by molar-refractivity contribution is 14.1. The van der Waals surface area contributed by atoms with Crippen molar-refractivity contribution >= 4 is 34.5 Å². The van der Waals surface area contributed by atoms with E-state index >= 15 is 0 Å². The van der Waals surface area contributed by atoms with Gasteiger partial charge in [-0.3, -0.25) is 4.79 Å². The van der Waals surface area contributed by atoms with Gasteiger partial charge in [0.05, 0.1) is 21.1 Å². The Bertz CT molecular complexity index is 1100. The number of esters is 2. The van der Waals surface area contributed by atoms with E-state index in [-0.39, 0.29) is 42.7 Å². The molecule has 1 aliphatic carbocycles. The van der Waals surface area contributed by atoms with E-state index in [1.807, 2.05) is 22.6 Å². The Morgan fingerprint density at radius 3 is 2.69 bits per heavy atom. The molecule has 2 aromatic rings. The van der Waals surface area contributed by atoms with Gasteiger partial charge < -0.3 is 19.3 Å². The first kappa shape index (κ1) is 25.5. The van der Waals surface area contributed by atoms with Crippen LogP contribution < -0.4 is 4.74 Å². The van der Waals surface area contributed by atoms with Gasteiger partial charge in [0.25, 0.3) is 0 Å². The van der Waals surface area contributed by atoms with Gasteiger partial charge in [-0.05, 0) is 52.9 Å². The number of aliphatic hydroxyl groups is 1. The Morgan fingerprint density at radius 2 is 1.97 bits per heavy atom. The number of hydrogen-bond donors (Lipinski definition) is 1. The number of ether oxygens (including phenoxy) is 3. The average Bonchev–Trinajstić information content (AvgIpc) is 3.32. The number of aliphatic hydroxyl groups excluding tert-OH is 1. The summed E-state index contributed by atoms with van der Waals surface area (Å²) in [5, 5.41) is 10.4. The van der Waals surface area contributed by atoms with Crippen molar-refractivity contribution in [3.05, 3.63) is 75.4 Å². The average molecular weight is 602 g/mol. The van der Waals surface area contributed by atoms with Crippen LogP contribution in [-0.4, -0.2) is 42.0 Å². The number of halogens is 4. The Kier molecular flexibility index (Phi) is 7.70. The maximum absolute atomic E-state index is 13.0. The third-order valence-corrected chi connectivity index (χ3v) is 6.93. The SMILES string of the molecule is O=C1C[C@@H]2[C@@H](/C=C/[C@@H](O)COc3cc(C(F)(F)F)ccc3I)[C@H](OC(=O)c3ccccc3)C[C@@H]2O1. The predicted octanol–water partition coefficient (Wildman–Crippen LogP) is 4.78. The lowest BCUT2D eigenvalue weighted by Gasteiger charge is -2.20. The minimum Gasteiger partial charge on any atom is -0.489 e. The topological polar surface area (TPSA) is 82.1 Å². The fourth-order valence-electron chi connectivity index (χ4n) is 4.35. The van der Waals surface area contributed by atoms with Gasteiger partial charge in [-0.25, -0.2) is 4.79 Å². The van der Waals surface area contributed by atoms with Gasteiger partial charge in [-0.2, -0.15) is 13.2 Å². The summed E-state index contributed by atoms with van der Waals surface area (Å²) in [7, 11) is 0. The quantitative estimate of drug-likeness (QED) is 0.279. The highest BCUT2D eigenvalue weighted by Crippen LogP contribution is 2.43. The second kappa shape index (κ2) is 10.6. The molecule has 2 aromatic carbocycles. The van der Waals surface area contributed by atoms with Gasteiger partial charge in [-0.15, -0.1) is 0 Å². The largest absolute Gasteiger partial charge is 0.489 e. The first-order valence-electron chi connectivity index (χ1n) is 10.9. The predicted molar refractivity (Wildman–Crippen MR) is 127 cm³/mol. The number of benzene rings is 2. The number of fused-ring (bicyclic) bond motifs is 1. The number of rotatable bonds is 7. The van der Waals surface area contributed by atoms with E-state index in [0.717, 1.165) is 12.1 Å². The molecule has 1 saturated carbocycles. The second-order valence-corrected chi connectivity index (χ2v) is 9.59. The molecule has 1 aliphatic heterocycles. The summed E-state index contributed by atoms with van der Waals surface area (Å²) < 4.78 is 55.9. The Hall–Kier alpha value is -2.60. The van der Waals surface area contributed by atoms with Crippen molar-refractivity contribution in [1.29, 1.82) is 0 Å². The van der Waals surface area contributed by atoms with Crippen LogP contribution in [0.25, 0.3) is 0 Å². The molecule has 0 radical (unpaired) electrons. The minimum atomic E-state index is -4.51. The Morgan fingerprint density at radius 1 is 1.23 bits per heavy atom. The molecule has 10 heteroatoms. The maximum atomic E-state index is 13.0. The third kappa shape index (κ3) is 6.16. The summed E-state index contributed by atoms with van der Waals surface area (Å²) in [5.74, 6) is -1.39. The molecule has 1 heterocycles. The number of hydrogen-bond acceptors (Lipinski definition) is 6. The lowest BCUT2D eigenvalue weighted by Crippen LogP contribution is -2.25. The molecule has 5 atom stereocenters. The molecule has 4 rings (SSSR count). The van der Waals surface area contributed by atoms with Crippen molar-refractivity contribution < 1.29 is 42.1 Å². The van der Waals surface area contributed by atoms with E-state index in [4.69, 9.17) is 14.2 Å². The molecule has 0 aromatic heterocycles. The van der Waals surface area contributed by atoms with Crippen molar-refractivity contribution in [1.82, 2.24) is 0 Å². The molecule has 0 unspecified atom stereocenters. The zero-order chi connectivity index (χ0) is 25.2. The lowest BCUT2D eigenvalue weighted by molar-refractivity contribution is -0.142. The van der Waals surface area contributed by atoms with E-state index < -0.39 is 29.9 Å².